The van der Waals surface area contributed by atoms with Gasteiger partial charge in [-0.2, -0.15) is 0 Å². The van der Waals surface area contributed by atoms with Crippen molar-refractivity contribution in [3.63, 3.8) is 0 Å². The molecule has 124 valence electrons. The van der Waals surface area contributed by atoms with E-state index in [9.17, 15) is 9.18 Å². The molecule has 0 unspecified atom stereocenters. The van der Waals surface area contributed by atoms with Gasteiger partial charge in [-0.05, 0) is 58.5 Å². The lowest BCUT2D eigenvalue weighted by atomic mass is 10.2. The van der Waals surface area contributed by atoms with E-state index in [0.29, 0.717) is 11.9 Å². The van der Waals surface area contributed by atoms with Gasteiger partial charge in [-0.1, -0.05) is 40.3 Å². The minimum absolute atomic E-state index is 0.142. The molecule has 0 rings (SSSR count). The second-order valence-corrected chi connectivity index (χ2v) is 4.46. The van der Waals surface area contributed by atoms with Crippen LogP contribution in [-0.4, -0.2) is 31.3 Å². The van der Waals surface area contributed by atoms with Crippen LogP contribution in [0.15, 0.2) is 35.7 Å². The van der Waals surface area contributed by atoms with Gasteiger partial charge in [0.2, 0.25) is 0 Å². The number of carbonyl (C=O) groups is 1. The molecule has 21 heavy (non-hydrogen) atoms. The summed E-state index contributed by atoms with van der Waals surface area (Å²) >= 11 is 0. The Morgan fingerprint density at radius 1 is 1.19 bits per heavy atom. The van der Waals surface area contributed by atoms with E-state index in [2.05, 4.69) is 32.4 Å². The van der Waals surface area contributed by atoms with Gasteiger partial charge in [-0.25, -0.2) is 4.39 Å². The van der Waals surface area contributed by atoms with Crippen LogP contribution in [0.4, 0.5) is 4.39 Å². The van der Waals surface area contributed by atoms with Crippen molar-refractivity contribution in [3.05, 3.63) is 35.7 Å². The number of nitrogens with zero attached hydrogens (tertiary/aromatic N) is 1. The van der Waals surface area contributed by atoms with Crippen molar-refractivity contribution in [1.29, 1.82) is 0 Å². The molecule has 0 fully saturated rings. The average molecular weight is 299 g/mol. The minimum Gasteiger partial charge on any atom is -0.306 e. The van der Waals surface area contributed by atoms with Gasteiger partial charge < -0.3 is 4.90 Å². The predicted octanol–water partition coefficient (Wildman–Crippen LogP) is 5.33. The Morgan fingerprint density at radius 2 is 1.62 bits per heavy atom. The quantitative estimate of drug-likeness (QED) is 0.360. The molecule has 0 N–H and O–H groups in total. The summed E-state index contributed by atoms with van der Waals surface area (Å²) in [6, 6.07) is 0. The Bertz CT molecular complexity index is 313. The van der Waals surface area contributed by atoms with Crippen LogP contribution in [0.1, 0.15) is 54.4 Å². The third-order valence-corrected chi connectivity index (χ3v) is 2.48. The van der Waals surface area contributed by atoms with Crippen LogP contribution in [0.2, 0.25) is 0 Å². The Labute approximate surface area is 131 Å². The maximum absolute atomic E-state index is 12.8. The SMILES string of the molecule is C=C(C=O)/C=C(F)\C(C)=C/C.CC.CCCN(C)CCC. The first-order chi connectivity index (χ1) is 9.92. The highest BCUT2D eigenvalue weighted by molar-refractivity contribution is 5.76. The maximum atomic E-state index is 12.8. The predicted molar refractivity (Wildman–Crippen MR) is 93.3 cm³/mol. The molecule has 0 aliphatic heterocycles. The van der Waals surface area contributed by atoms with Crippen molar-refractivity contribution in [2.45, 2.75) is 54.4 Å². The van der Waals surface area contributed by atoms with E-state index in [1.54, 1.807) is 19.9 Å². The molecular formula is C18H34FNO. The van der Waals surface area contributed by atoms with Crippen LogP contribution >= 0.6 is 0 Å². The van der Waals surface area contributed by atoms with E-state index in [-0.39, 0.29) is 5.57 Å². The molecular weight excluding hydrogens is 265 g/mol. The summed E-state index contributed by atoms with van der Waals surface area (Å²) in [5.74, 6) is -0.412. The first kappa shape index (κ1) is 24.8. The van der Waals surface area contributed by atoms with Crippen molar-refractivity contribution in [2.24, 2.45) is 0 Å². The molecule has 0 radical (unpaired) electrons. The molecule has 2 nitrogen and oxygen atoms in total. The molecule has 0 saturated heterocycles. The molecule has 0 aromatic carbocycles. The van der Waals surface area contributed by atoms with Gasteiger partial charge in [0.1, 0.15) is 12.1 Å². The third kappa shape index (κ3) is 18.8. The molecule has 0 aliphatic carbocycles. The van der Waals surface area contributed by atoms with Gasteiger partial charge in [-0.3, -0.25) is 4.79 Å². The highest BCUT2D eigenvalue weighted by Gasteiger charge is 1.96. The number of rotatable bonds is 7. The summed E-state index contributed by atoms with van der Waals surface area (Å²) in [6.07, 6.45) is 5.81. The van der Waals surface area contributed by atoms with Gasteiger partial charge in [0.05, 0.1) is 0 Å². The molecule has 0 aromatic heterocycles. The van der Waals surface area contributed by atoms with Crippen molar-refractivity contribution < 1.29 is 9.18 Å². The summed E-state index contributed by atoms with van der Waals surface area (Å²) in [6.45, 7) is 17.6. The molecule has 3 heteroatoms. The van der Waals surface area contributed by atoms with Crippen LogP contribution in [0.5, 0.6) is 0 Å². The van der Waals surface area contributed by atoms with Crippen LogP contribution in [-0.2, 0) is 4.79 Å². The fourth-order valence-corrected chi connectivity index (χ4v) is 1.32. The molecule has 0 bridgehead atoms. The Kier molecular flexibility index (Phi) is 22.2. The number of carbonyl (C=O) groups excluding carboxylic acids is 1. The fourth-order valence-electron chi connectivity index (χ4n) is 1.32. The monoisotopic (exact) mass is 299 g/mol. The van der Waals surface area contributed by atoms with Crippen LogP contribution < -0.4 is 0 Å². The van der Waals surface area contributed by atoms with E-state index in [0.717, 1.165) is 6.08 Å². The topological polar surface area (TPSA) is 20.3 Å². The zero-order chi connectivity index (χ0) is 17.3. The first-order valence-corrected chi connectivity index (χ1v) is 7.75. The minimum atomic E-state index is -0.412. The standard InChI is InChI=1S/C9H11FO.C7H17N.C2H6/c1-4-8(3)9(10)5-7(2)6-11;1-4-6-8(3)7-5-2;1-2/h4-6H,2H2,1,3H3;4-7H2,1-3H3;1-2H3/b8-4-,9-5+;;. The van der Waals surface area contributed by atoms with Crippen LogP contribution in [0.3, 0.4) is 0 Å². The summed E-state index contributed by atoms with van der Waals surface area (Å²) in [7, 11) is 2.17. The van der Waals surface area contributed by atoms with E-state index in [4.69, 9.17) is 0 Å². The second kappa shape index (κ2) is 18.8. The normalized spacial score (nSPS) is 11.1. The zero-order valence-corrected chi connectivity index (χ0v) is 15.0. The van der Waals surface area contributed by atoms with E-state index in [1.807, 2.05) is 13.8 Å². The highest BCUT2D eigenvalue weighted by Crippen LogP contribution is 2.11. The second-order valence-electron chi connectivity index (χ2n) is 4.46. The zero-order valence-electron chi connectivity index (χ0n) is 15.0. The summed E-state index contributed by atoms with van der Waals surface area (Å²) in [5, 5.41) is 0. The van der Waals surface area contributed by atoms with Gasteiger partial charge in [0.25, 0.3) is 0 Å². The summed E-state index contributed by atoms with van der Waals surface area (Å²) in [5.41, 5.74) is 0.650. The fraction of sp³-hybridized carbons (Fsp3) is 0.611. The number of hydrogen-bond acceptors (Lipinski definition) is 2. The van der Waals surface area contributed by atoms with Crippen LogP contribution in [0, 0.1) is 0 Å². The van der Waals surface area contributed by atoms with Gasteiger partial charge in [0.15, 0.2) is 0 Å². The van der Waals surface area contributed by atoms with E-state index in [1.165, 1.54) is 25.9 Å². The Hall–Kier alpha value is -1.22. The van der Waals surface area contributed by atoms with E-state index >= 15 is 0 Å². The van der Waals surface area contributed by atoms with Gasteiger partial charge in [0, 0.05) is 5.57 Å². The van der Waals surface area contributed by atoms with Gasteiger partial charge >= 0.3 is 0 Å². The molecule has 0 spiro atoms. The molecule has 0 heterocycles. The first-order valence-electron chi connectivity index (χ1n) is 7.75. The van der Waals surface area contributed by atoms with E-state index < -0.39 is 5.83 Å². The highest BCUT2D eigenvalue weighted by atomic mass is 19.1. The van der Waals surface area contributed by atoms with Crippen molar-refractivity contribution in [2.75, 3.05) is 20.1 Å². The lowest BCUT2D eigenvalue weighted by Crippen LogP contribution is -2.19. The molecule has 0 aromatic rings. The van der Waals surface area contributed by atoms with Crippen molar-refractivity contribution in [1.82, 2.24) is 4.90 Å². The summed E-state index contributed by atoms with van der Waals surface area (Å²) < 4.78 is 12.8. The smallest absolute Gasteiger partial charge is 0.149 e. The van der Waals surface area contributed by atoms with Crippen molar-refractivity contribution >= 4 is 6.29 Å². The van der Waals surface area contributed by atoms with Crippen molar-refractivity contribution in [3.8, 4) is 0 Å². The molecule has 0 saturated carbocycles. The number of allylic oxidation sites excluding steroid dienone is 5. The molecule has 0 aliphatic rings. The summed E-state index contributed by atoms with van der Waals surface area (Å²) in [4.78, 5) is 12.4. The lowest BCUT2D eigenvalue weighted by molar-refractivity contribution is -0.104. The number of halogens is 1. The maximum Gasteiger partial charge on any atom is 0.149 e. The third-order valence-electron chi connectivity index (χ3n) is 2.48. The largest absolute Gasteiger partial charge is 0.306 e. The molecule has 0 amide bonds. The average Bonchev–Trinajstić information content (AvgIpc) is 2.49. The Morgan fingerprint density at radius 3 is 1.90 bits per heavy atom. The lowest BCUT2D eigenvalue weighted by Gasteiger charge is -2.12. The number of aldehydes is 1. The van der Waals surface area contributed by atoms with Crippen LogP contribution in [0.25, 0.3) is 0 Å². The van der Waals surface area contributed by atoms with Gasteiger partial charge in [-0.15, -0.1) is 0 Å². The Balaban J connectivity index is -0.000000286. The number of hydrogen-bond donors (Lipinski definition) is 0. The molecule has 0 atom stereocenters.